The van der Waals surface area contributed by atoms with Crippen LogP contribution in [0, 0.1) is 6.92 Å². The fourth-order valence-corrected chi connectivity index (χ4v) is 2.51. The van der Waals surface area contributed by atoms with E-state index >= 15 is 0 Å². The standard InChI is InChI=1S/C18H17ClO5/c1-12-2-4-14(5-3-12)21-7-6-17(20)22-10-13-8-15(19)18-16(9-13)23-11-24-18/h2-5,8-9H,6-7,10-11H2,1H3. The van der Waals surface area contributed by atoms with Gasteiger partial charge in [-0.3, -0.25) is 4.79 Å². The van der Waals surface area contributed by atoms with Crippen LogP contribution in [0.3, 0.4) is 0 Å². The molecule has 6 heteroatoms. The van der Waals surface area contributed by atoms with Crippen LogP contribution in [0.1, 0.15) is 17.5 Å². The normalized spacial score (nSPS) is 12.1. The Morgan fingerprint density at radius 2 is 2.00 bits per heavy atom. The molecule has 0 aliphatic carbocycles. The minimum Gasteiger partial charge on any atom is -0.493 e. The maximum atomic E-state index is 11.8. The van der Waals surface area contributed by atoms with Crippen LogP contribution < -0.4 is 14.2 Å². The molecule has 0 bridgehead atoms. The van der Waals surface area contributed by atoms with Crippen LogP contribution in [0.15, 0.2) is 36.4 Å². The molecule has 2 aromatic rings. The molecule has 0 fully saturated rings. The summed E-state index contributed by atoms with van der Waals surface area (Å²) in [4.78, 5) is 11.8. The Labute approximate surface area is 145 Å². The number of hydrogen-bond acceptors (Lipinski definition) is 5. The van der Waals surface area contributed by atoms with Crippen LogP contribution >= 0.6 is 11.6 Å². The second-order valence-corrected chi connectivity index (χ2v) is 5.79. The number of carbonyl (C=O) groups excluding carboxylic acids is 1. The number of rotatable bonds is 6. The lowest BCUT2D eigenvalue weighted by atomic mass is 10.2. The van der Waals surface area contributed by atoms with E-state index in [9.17, 15) is 4.79 Å². The van der Waals surface area contributed by atoms with Gasteiger partial charge in [0.05, 0.1) is 18.1 Å². The lowest BCUT2D eigenvalue weighted by Gasteiger charge is -2.08. The maximum absolute atomic E-state index is 11.8. The van der Waals surface area contributed by atoms with Crippen molar-refractivity contribution in [2.24, 2.45) is 0 Å². The smallest absolute Gasteiger partial charge is 0.309 e. The third-order valence-electron chi connectivity index (χ3n) is 3.48. The summed E-state index contributed by atoms with van der Waals surface area (Å²) in [7, 11) is 0. The van der Waals surface area contributed by atoms with Gasteiger partial charge >= 0.3 is 5.97 Å². The van der Waals surface area contributed by atoms with E-state index in [1.165, 1.54) is 0 Å². The van der Waals surface area contributed by atoms with Gasteiger partial charge in [-0.25, -0.2) is 0 Å². The molecule has 3 rings (SSSR count). The number of ether oxygens (including phenoxy) is 4. The number of fused-ring (bicyclic) bond motifs is 1. The van der Waals surface area contributed by atoms with Gasteiger partial charge in [-0.05, 0) is 36.8 Å². The number of hydrogen-bond donors (Lipinski definition) is 0. The first kappa shape index (κ1) is 16.5. The molecule has 0 radical (unpaired) electrons. The van der Waals surface area contributed by atoms with E-state index in [0.717, 1.165) is 16.9 Å². The molecule has 0 spiro atoms. The van der Waals surface area contributed by atoms with Gasteiger partial charge in [-0.1, -0.05) is 29.3 Å². The summed E-state index contributed by atoms with van der Waals surface area (Å²) in [6.07, 6.45) is 0.173. The average molecular weight is 349 g/mol. The second-order valence-electron chi connectivity index (χ2n) is 5.38. The first-order valence-electron chi connectivity index (χ1n) is 7.55. The van der Waals surface area contributed by atoms with Gasteiger partial charge in [-0.2, -0.15) is 0 Å². The molecule has 2 aromatic carbocycles. The third-order valence-corrected chi connectivity index (χ3v) is 3.76. The van der Waals surface area contributed by atoms with Crippen molar-refractivity contribution in [3.63, 3.8) is 0 Å². The molecule has 1 aliphatic rings. The molecular weight excluding hydrogens is 332 g/mol. The highest BCUT2D eigenvalue weighted by atomic mass is 35.5. The number of benzene rings is 2. The molecular formula is C18H17ClO5. The zero-order valence-corrected chi connectivity index (χ0v) is 14.0. The minimum atomic E-state index is -0.337. The zero-order chi connectivity index (χ0) is 16.9. The lowest BCUT2D eigenvalue weighted by Crippen LogP contribution is -2.10. The predicted octanol–water partition coefficient (Wildman–Crippen LogP) is 3.89. The summed E-state index contributed by atoms with van der Waals surface area (Å²) in [5.41, 5.74) is 1.90. The van der Waals surface area contributed by atoms with Crippen molar-refractivity contribution >= 4 is 17.6 Å². The van der Waals surface area contributed by atoms with Crippen molar-refractivity contribution in [1.82, 2.24) is 0 Å². The molecule has 0 N–H and O–H groups in total. The van der Waals surface area contributed by atoms with Gasteiger partial charge < -0.3 is 18.9 Å². The Kier molecular flexibility index (Phi) is 5.11. The quantitative estimate of drug-likeness (QED) is 0.741. The summed E-state index contributed by atoms with van der Waals surface area (Å²) in [5.74, 6) is 1.49. The van der Waals surface area contributed by atoms with E-state index in [2.05, 4.69) is 0 Å². The Balaban J connectivity index is 1.44. The van der Waals surface area contributed by atoms with Crippen LogP contribution in [-0.4, -0.2) is 19.4 Å². The molecule has 5 nitrogen and oxygen atoms in total. The zero-order valence-electron chi connectivity index (χ0n) is 13.2. The van der Waals surface area contributed by atoms with Crippen molar-refractivity contribution in [3.05, 3.63) is 52.5 Å². The molecule has 1 aliphatic heterocycles. The van der Waals surface area contributed by atoms with Crippen LogP contribution in [-0.2, 0) is 16.1 Å². The molecule has 126 valence electrons. The average Bonchev–Trinajstić information content (AvgIpc) is 3.04. The molecule has 0 aromatic heterocycles. The highest BCUT2D eigenvalue weighted by molar-refractivity contribution is 6.32. The lowest BCUT2D eigenvalue weighted by molar-refractivity contribution is -0.145. The van der Waals surface area contributed by atoms with Crippen molar-refractivity contribution in [3.8, 4) is 17.2 Å². The number of aryl methyl sites for hydroxylation is 1. The van der Waals surface area contributed by atoms with E-state index in [-0.39, 0.29) is 32.4 Å². The largest absolute Gasteiger partial charge is 0.493 e. The highest BCUT2D eigenvalue weighted by Gasteiger charge is 2.18. The summed E-state index contributed by atoms with van der Waals surface area (Å²) in [5, 5.41) is 0.443. The van der Waals surface area contributed by atoms with Gasteiger partial charge in [0, 0.05) is 0 Å². The van der Waals surface area contributed by atoms with Crippen molar-refractivity contribution in [2.75, 3.05) is 13.4 Å². The summed E-state index contributed by atoms with van der Waals surface area (Å²) >= 11 is 6.09. The van der Waals surface area contributed by atoms with Crippen LogP contribution in [0.2, 0.25) is 5.02 Å². The molecule has 24 heavy (non-hydrogen) atoms. The maximum Gasteiger partial charge on any atom is 0.309 e. The summed E-state index contributed by atoms with van der Waals surface area (Å²) in [6, 6.07) is 11.1. The van der Waals surface area contributed by atoms with E-state index < -0.39 is 0 Å². The highest BCUT2D eigenvalue weighted by Crippen LogP contribution is 2.39. The third kappa shape index (κ3) is 4.11. The second kappa shape index (κ2) is 7.45. The van der Waals surface area contributed by atoms with Gasteiger partial charge in [-0.15, -0.1) is 0 Å². The Morgan fingerprint density at radius 1 is 1.21 bits per heavy atom. The van der Waals surface area contributed by atoms with Gasteiger partial charge in [0.1, 0.15) is 12.4 Å². The molecule has 0 amide bonds. The van der Waals surface area contributed by atoms with Gasteiger partial charge in [0.2, 0.25) is 6.79 Å². The number of halogens is 1. The van der Waals surface area contributed by atoms with Crippen molar-refractivity contribution < 1.29 is 23.7 Å². The first-order valence-corrected chi connectivity index (χ1v) is 7.93. The fourth-order valence-electron chi connectivity index (χ4n) is 2.23. The summed E-state index contributed by atoms with van der Waals surface area (Å²) in [6.45, 7) is 2.54. The Bertz CT molecular complexity index is 727. The van der Waals surface area contributed by atoms with Crippen LogP contribution in [0.4, 0.5) is 0 Å². The van der Waals surface area contributed by atoms with E-state index in [4.69, 9.17) is 30.5 Å². The Morgan fingerprint density at radius 3 is 2.79 bits per heavy atom. The first-order chi connectivity index (χ1) is 11.6. The topological polar surface area (TPSA) is 54.0 Å². The Hall–Kier alpha value is -2.40. The van der Waals surface area contributed by atoms with Gasteiger partial charge in [0.15, 0.2) is 11.5 Å². The monoisotopic (exact) mass is 348 g/mol. The minimum absolute atomic E-state index is 0.125. The number of carbonyl (C=O) groups is 1. The molecule has 1 heterocycles. The van der Waals surface area contributed by atoms with Crippen LogP contribution in [0.25, 0.3) is 0 Å². The van der Waals surface area contributed by atoms with E-state index in [1.807, 2.05) is 31.2 Å². The van der Waals surface area contributed by atoms with Crippen molar-refractivity contribution in [1.29, 1.82) is 0 Å². The summed E-state index contributed by atoms with van der Waals surface area (Å²) < 4.78 is 21.2. The van der Waals surface area contributed by atoms with Crippen molar-refractivity contribution in [2.45, 2.75) is 20.0 Å². The molecule has 0 atom stereocenters. The fraction of sp³-hybridized carbons (Fsp3) is 0.278. The molecule has 0 saturated carbocycles. The molecule has 0 saturated heterocycles. The van der Waals surface area contributed by atoms with E-state index in [1.54, 1.807) is 12.1 Å². The van der Waals surface area contributed by atoms with Crippen LogP contribution in [0.5, 0.6) is 17.2 Å². The molecule has 0 unspecified atom stereocenters. The SMILES string of the molecule is Cc1ccc(OCCC(=O)OCc2cc(Cl)c3c(c2)OCO3)cc1. The number of esters is 1. The van der Waals surface area contributed by atoms with Gasteiger partial charge in [0.25, 0.3) is 0 Å². The predicted molar refractivity (Wildman–Crippen MR) is 88.7 cm³/mol. The van der Waals surface area contributed by atoms with E-state index in [0.29, 0.717) is 16.5 Å².